The van der Waals surface area contributed by atoms with E-state index in [1.54, 1.807) is 35.7 Å². The third kappa shape index (κ3) is 5.52. The van der Waals surface area contributed by atoms with Crippen LogP contribution in [0.1, 0.15) is 33.9 Å². The van der Waals surface area contributed by atoms with Gasteiger partial charge >= 0.3 is 5.97 Å². The third-order valence-corrected chi connectivity index (χ3v) is 4.21. The molecule has 1 atom stereocenters. The molecule has 8 heteroatoms. The molecule has 1 heterocycles. The summed E-state index contributed by atoms with van der Waals surface area (Å²) in [6, 6.07) is 8.91. The fourth-order valence-corrected chi connectivity index (χ4v) is 2.64. The molecule has 26 heavy (non-hydrogen) atoms. The minimum absolute atomic E-state index is 0.122. The number of amides is 2. The quantitative estimate of drug-likeness (QED) is 0.572. The Bertz CT molecular complexity index is 817. The van der Waals surface area contributed by atoms with Gasteiger partial charge in [-0.25, -0.2) is 4.79 Å². The Labute approximate surface area is 154 Å². The summed E-state index contributed by atoms with van der Waals surface area (Å²) in [5, 5.41) is 6.80. The summed E-state index contributed by atoms with van der Waals surface area (Å²) >= 11 is 1.26. The van der Waals surface area contributed by atoms with Crippen molar-refractivity contribution < 1.29 is 23.9 Å². The molecule has 1 aromatic heterocycles. The number of carbonyl (C=O) groups is 4. The summed E-state index contributed by atoms with van der Waals surface area (Å²) in [7, 11) is 0. The van der Waals surface area contributed by atoms with Crippen LogP contribution in [0.3, 0.4) is 0 Å². The minimum atomic E-state index is -0.890. The first kappa shape index (κ1) is 19.3. The van der Waals surface area contributed by atoms with Crippen LogP contribution in [-0.4, -0.2) is 36.2 Å². The van der Waals surface area contributed by atoms with Crippen LogP contribution in [0.25, 0.3) is 0 Å². The maximum atomic E-state index is 11.9. The van der Waals surface area contributed by atoms with Crippen LogP contribution in [0.15, 0.2) is 41.8 Å². The predicted octanol–water partition coefficient (Wildman–Crippen LogP) is 2.25. The lowest BCUT2D eigenvalue weighted by Crippen LogP contribution is -2.40. The highest BCUT2D eigenvalue weighted by atomic mass is 32.1. The van der Waals surface area contributed by atoms with Gasteiger partial charge in [0.1, 0.15) is 6.04 Å². The van der Waals surface area contributed by atoms with E-state index >= 15 is 0 Å². The monoisotopic (exact) mass is 374 g/mol. The molecule has 0 aliphatic heterocycles. The van der Waals surface area contributed by atoms with Gasteiger partial charge in [-0.1, -0.05) is 18.2 Å². The molecule has 0 saturated heterocycles. The molecule has 0 aliphatic carbocycles. The van der Waals surface area contributed by atoms with E-state index in [4.69, 9.17) is 4.74 Å². The van der Waals surface area contributed by atoms with E-state index in [1.807, 2.05) is 0 Å². The van der Waals surface area contributed by atoms with E-state index in [9.17, 15) is 19.2 Å². The number of ketones is 1. The van der Waals surface area contributed by atoms with Crippen LogP contribution in [0.2, 0.25) is 0 Å². The summed E-state index contributed by atoms with van der Waals surface area (Å²) < 4.78 is 4.90. The predicted molar refractivity (Wildman–Crippen MR) is 97.3 cm³/mol. The summed E-state index contributed by atoms with van der Waals surface area (Å²) in [4.78, 5) is 47.4. The molecule has 0 saturated carbocycles. The van der Waals surface area contributed by atoms with Crippen LogP contribution in [0, 0.1) is 0 Å². The molecule has 0 aliphatic rings. The maximum Gasteiger partial charge on any atom is 0.328 e. The van der Waals surface area contributed by atoms with E-state index in [2.05, 4.69) is 10.6 Å². The molecule has 2 N–H and O–H groups in total. The van der Waals surface area contributed by atoms with Crippen molar-refractivity contribution in [3.63, 3.8) is 0 Å². The van der Waals surface area contributed by atoms with E-state index in [1.165, 1.54) is 31.3 Å². The zero-order valence-electron chi connectivity index (χ0n) is 14.3. The van der Waals surface area contributed by atoms with Crippen molar-refractivity contribution in [3.8, 4) is 0 Å². The van der Waals surface area contributed by atoms with Crippen molar-refractivity contribution in [2.75, 3.05) is 11.9 Å². The molecule has 136 valence electrons. The first-order valence-corrected chi connectivity index (χ1v) is 8.66. The molecular weight excluding hydrogens is 356 g/mol. The fourth-order valence-electron chi connectivity index (χ4n) is 2.01. The van der Waals surface area contributed by atoms with Gasteiger partial charge in [0.15, 0.2) is 12.4 Å². The van der Waals surface area contributed by atoms with Crippen molar-refractivity contribution in [2.45, 2.75) is 19.9 Å². The smallest absolute Gasteiger partial charge is 0.328 e. The van der Waals surface area contributed by atoms with Crippen molar-refractivity contribution in [3.05, 3.63) is 52.2 Å². The Morgan fingerprint density at radius 1 is 1.15 bits per heavy atom. The number of nitrogens with one attached hydrogen (secondary N) is 2. The molecule has 2 amide bonds. The molecule has 2 aromatic rings. The number of anilines is 1. The van der Waals surface area contributed by atoms with Crippen molar-refractivity contribution in [1.82, 2.24) is 5.32 Å². The molecule has 1 aromatic carbocycles. The van der Waals surface area contributed by atoms with Crippen LogP contribution in [-0.2, 0) is 14.3 Å². The second-order valence-corrected chi connectivity index (χ2v) is 6.41. The first-order chi connectivity index (χ1) is 12.4. The van der Waals surface area contributed by atoms with Crippen LogP contribution >= 0.6 is 11.3 Å². The highest BCUT2D eigenvalue weighted by Crippen LogP contribution is 2.11. The van der Waals surface area contributed by atoms with Crippen LogP contribution in [0.5, 0.6) is 0 Å². The van der Waals surface area contributed by atoms with E-state index in [-0.39, 0.29) is 11.7 Å². The SMILES string of the molecule is CC(=O)c1cccc(NC(=O)COC(=O)C(C)NC(=O)c2cccs2)c1. The average Bonchev–Trinajstić information content (AvgIpc) is 3.14. The van der Waals surface area contributed by atoms with Gasteiger partial charge < -0.3 is 15.4 Å². The lowest BCUT2D eigenvalue weighted by molar-refractivity contribution is -0.148. The van der Waals surface area contributed by atoms with Crippen molar-refractivity contribution in [2.24, 2.45) is 0 Å². The Morgan fingerprint density at radius 3 is 2.58 bits per heavy atom. The number of Topliss-reactive ketones (excluding diaryl/α,β-unsaturated/α-hetero) is 1. The summed E-state index contributed by atoms with van der Waals surface area (Å²) in [5.41, 5.74) is 0.891. The first-order valence-electron chi connectivity index (χ1n) is 7.78. The Balaban J connectivity index is 1.81. The van der Waals surface area contributed by atoms with Crippen molar-refractivity contribution >= 4 is 40.6 Å². The number of hydrogen-bond donors (Lipinski definition) is 2. The van der Waals surface area contributed by atoms with E-state index in [0.717, 1.165) is 0 Å². The number of esters is 1. The number of benzene rings is 1. The fraction of sp³-hybridized carbons (Fsp3) is 0.222. The normalized spacial score (nSPS) is 11.3. The molecular formula is C18H18N2O5S. The van der Waals surface area contributed by atoms with E-state index < -0.39 is 24.5 Å². The number of ether oxygens (including phenoxy) is 1. The number of thiophene rings is 1. The Kier molecular flexibility index (Phi) is 6.62. The molecule has 0 spiro atoms. The van der Waals surface area contributed by atoms with Crippen molar-refractivity contribution in [1.29, 1.82) is 0 Å². The number of rotatable bonds is 7. The van der Waals surface area contributed by atoms with Gasteiger partial charge in [0, 0.05) is 11.3 Å². The molecule has 0 fully saturated rings. The number of carbonyl (C=O) groups excluding carboxylic acids is 4. The molecule has 7 nitrogen and oxygen atoms in total. The van der Waals surface area contributed by atoms with Gasteiger partial charge in [-0.2, -0.15) is 0 Å². The maximum absolute atomic E-state index is 11.9. The highest BCUT2D eigenvalue weighted by Gasteiger charge is 2.19. The second-order valence-electron chi connectivity index (χ2n) is 5.47. The Hall–Kier alpha value is -3.00. The third-order valence-electron chi connectivity index (χ3n) is 3.34. The Morgan fingerprint density at radius 2 is 1.92 bits per heavy atom. The minimum Gasteiger partial charge on any atom is -0.454 e. The summed E-state index contributed by atoms with van der Waals surface area (Å²) in [6.07, 6.45) is 0. The van der Waals surface area contributed by atoms with E-state index in [0.29, 0.717) is 16.1 Å². The lowest BCUT2D eigenvalue weighted by Gasteiger charge is -2.13. The lowest BCUT2D eigenvalue weighted by atomic mass is 10.1. The number of hydrogen-bond acceptors (Lipinski definition) is 6. The second kappa shape index (κ2) is 8.91. The van der Waals surface area contributed by atoms with Gasteiger partial charge in [-0.15, -0.1) is 11.3 Å². The van der Waals surface area contributed by atoms with Gasteiger partial charge in [0.2, 0.25) is 0 Å². The van der Waals surface area contributed by atoms with Gasteiger partial charge in [0.05, 0.1) is 4.88 Å². The molecule has 0 bridgehead atoms. The molecule has 1 unspecified atom stereocenters. The largest absolute Gasteiger partial charge is 0.454 e. The summed E-state index contributed by atoms with van der Waals surface area (Å²) in [6.45, 7) is 2.40. The zero-order chi connectivity index (χ0) is 19.1. The average molecular weight is 374 g/mol. The van der Waals surface area contributed by atoms with Gasteiger partial charge in [-0.3, -0.25) is 14.4 Å². The van der Waals surface area contributed by atoms with Crippen LogP contribution in [0.4, 0.5) is 5.69 Å². The van der Waals surface area contributed by atoms with Gasteiger partial charge in [0.25, 0.3) is 11.8 Å². The standard InChI is InChI=1S/C18H18N2O5S/c1-11(19-17(23)15-7-4-8-26-15)18(24)25-10-16(22)20-14-6-3-5-13(9-14)12(2)21/h3-9,11H,10H2,1-2H3,(H,19,23)(H,20,22). The topological polar surface area (TPSA) is 102 Å². The van der Waals surface area contributed by atoms with Crippen LogP contribution < -0.4 is 10.6 Å². The molecule has 0 radical (unpaired) electrons. The molecule has 2 rings (SSSR count). The highest BCUT2D eigenvalue weighted by molar-refractivity contribution is 7.12. The summed E-state index contributed by atoms with van der Waals surface area (Å²) in [5.74, 6) is -1.77. The van der Waals surface area contributed by atoms with Gasteiger partial charge in [-0.05, 0) is 37.4 Å². The zero-order valence-corrected chi connectivity index (χ0v) is 15.1.